The van der Waals surface area contributed by atoms with Gasteiger partial charge in [-0.25, -0.2) is 4.79 Å². The summed E-state index contributed by atoms with van der Waals surface area (Å²) in [6, 6.07) is 13.6. The lowest BCUT2D eigenvalue weighted by molar-refractivity contribution is -0.384. The second-order valence-electron chi connectivity index (χ2n) is 5.25. The third kappa shape index (κ3) is 4.91. The van der Waals surface area contributed by atoms with Gasteiger partial charge in [0, 0.05) is 18.6 Å². The second kappa shape index (κ2) is 7.87. The summed E-state index contributed by atoms with van der Waals surface area (Å²) in [5.74, 6) is -1.63. The largest absolute Gasteiger partial charge is 0.480 e. The zero-order valence-electron chi connectivity index (χ0n) is 12.7. The molecule has 0 saturated carbocycles. The van der Waals surface area contributed by atoms with Crippen molar-refractivity contribution >= 4 is 17.6 Å². The topological polar surface area (TPSA) is 110 Å². The number of nitro groups is 1. The van der Waals surface area contributed by atoms with E-state index in [2.05, 4.69) is 5.32 Å². The van der Waals surface area contributed by atoms with E-state index in [1.165, 1.54) is 18.2 Å². The van der Waals surface area contributed by atoms with Gasteiger partial charge in [0.05, 0.1) is 11.3 Å². The molecule has 0 radical (unpaired) electrons. The van der Waals surface area contributed by atoms with Gasteiger partial charge < -0.3 is 10.4 Å². The Morgan fingerprint density at radius 3 is 2.38 bits per heavy atom. The van der Waals surface area contributed by atoms with Gasteiger partial charge in [0.25, 0.3) is 5.69 Å². The number of hydrogen-bond donors (Lipinski definition) is 2. The molecular weight excluding hydrogens is 312 g/mol. The first-order valence-electron chi connectivity index (χ1n) is 7.25. The monoisotopic (exact) mass is 328 g/mol. The van der Waals surface area contributed by atoms with E-state index in [4.69, 9.17) is 0 Å². The smallest absolute Gasteiger partial charge is 0.326 e. The number of non-ortho nitro benzene ring substituents is 1. The predicted molar refractivity (Wildman–Crippen MR) is 86.5 cm³/mol. The van der Waals surface area contributed by atoms with Crippen LogP contribution in [0.1, 0.15) is 11.1 Å². The van der Waals surface area contributed by atoms with Gasteiger partial charge in [0.1, 0.15) is 6.04 Å². The summed E-state index contributed by atoms with van der Waals surface area (Å²) in [5, 5.41) is 22.5. The highest BCUT2D eigenvalue weighted by Gasteiger charge is 2.20. The van der Waals surface area contributed by atoms with Crippen molar-refractivity contribution < 1.29 is 19.6 Å². The van der Waals surface area contributed by atoms with E-state index in [9.17, 15) is 24.8 Å². The number of nitrogens with one attached hydrogen (secondary N) is 1. The van der Waals surface area contributed by atoms with Crippen molar-refractivity contribution in [2.45, 2.75) is 18.9 Å². The summed E-state index contributed by atoms with van der Waals surface area (Å²) in [6.45, 7) is 0. The number of nitro benzene ring substituents is 1. The van der Waals surface area contributed by atoms with E-state index >= 15 is 0 Å². The van der Waals surface area contributed by atoms with Crippen LogP contribution in [0, 0.1) is 10.1 Å². The van der Waals surface area contributed by atoms with Crippen LogP contribution >= 0.6 is 0 Å². The highest BCUT2D eigenvalue weighted by Crippen LogP contribution is 2.13. The van der Waals surface area contributed by atoms with Gasteiger partial charge >= 0.3 is 5.97 Å². The lowest BCUT2D eigenvalue weighted by atomic mass is 10.1. The van der Waals surface area contributed by atoms with Gasteiger partial charge in [-0.2, -0.15) is 0 Å². The molecule has 0 bridgehead atoms. The highest BCUT2D eigenvalue weighted by atomic mass is 16.6. The summed E-state index contributed by atoms with van der Waals surface area (Å²) in [5.41, 5.74) is 1.13. The number of carboxylic acid groups (broad SMARTS) is 1. The average Bonchev–Trinajstić information content (AvgIpc) is 2.55. The predicted octanol–water partition coefficient (Wildman–Crippen LogP) is 1.95. The van der Waals surface area contributed by atoms with Crippen molar-refractivity contribution in [2.24, 2.45) is 0 Å². The molecule has 0 fully saturated rings. The van der Waals surface area contributed by atoms with Gasteiger partial charge in [-0.3, -0.25) is 14.9 Å². The molecule has 1 amide bonds. The van der Waals surface area contributed by atoms with E-state index < -0.39 is 22.8 Å². The Bertz CT molecular complexity index is 746. The molecule has 1 atom stereocenters. The zero-order chi connectivity index (χ0) is 17.5. The minimum Gasteiger partial charge on any atom is -0.480 e. The molecule has 2 aromatic carbocycles. The number of aliphatic carboxylic acids is 1. The van der Waals surface area contributed by atoms with Crippen molar-refractivity contribution in [2.75, 3.05) is 0 Å². The Morgan fingerprint density at radius 1 is 1.08 bits per heavy atom. The number of rotatable bonds is 7. The fraction of sp³-hybridized carbons (Fsp3) is 0.176. The molecule has 0 aliphatic carbocycles. The molecule has 0 saturated heterocycles. The van der Waals surface area contributed by atoms with E-state index in [0.29, 0.717) is 5.56 Å². The summed E-state index contributed by atoms with van der Waals surface area (Å²) in [4.78, 5) is 33.6. The summed E-state index contributed by atoms with van der Waals surface area (Å²) >= 11 is 0. The summed E-state index contributed by atoms with van der Waals surface area (Å²) < 4.78 is 0. The number of carbonyl (C=O) groups excluding carboxylic acids is 1. The molecule has 0 aliphatic rings. The van der Waals surface area contributed by atoms with Gasteiger partial charge in [-0.05, 0) is 11.1 Å². The Morgan fingerprint density at radius 2 is 1.75 bits per heavy atom. The second-order valence-corrected chi connectivity index (χ2v) is 5.25. The quantitative estimate of drug-likeness (QED) is 0.596. The molecule has 2 N–H and O–H groups in total. The first kappa shape index (κ1) is 17.1. The average molecular weight is 328 g/mol. The molecule has 0 spiro atoms. The number of nitrogens with zero attached hydrogens (tertiary/aromatic N) is 1. The molecule has 7 nitrogen and oxygen atoms in total. The SMILES string of the molecule is O=C(Cc1cccc([N+](=O)[O-])c1)N[C@H](Cc1ccccc1)C(=O)O. The molecular formula is C17H16N2O5. The van der Waals surface area contributed by atoms with Gasteiger partial charge in [-0.15, -0.1) is 0 Å². The van der Waals surface area contributed by atoms with Crippen molar-refractivity contribution in [1.29, 1.82) is 0 Å². The Kier molecular flexibility index (Phi) is 5.62. The van der Waals surface area contributed by atoms with Gasteiger partial charge in [0.15, 0.2) is 0 Å². The molecule has 0 aromatic heterocycles. The lowest BCUT2D eigenvalue weighted by Crippen LogP contribution is -2.43. The minimum absolute atomic E-state index is 0.112. The number of benzene rings is 2. The first-order chi connectivity index (χ1) is 11.5. The van der Waals surface area contributed by atoms with Gasteiger partial charge in [-0.1, -0.05) is 42.5 Å². The van der Waals surface area contributed by atoms with E-state index in [-0.39, 0.29) is 18.5 Å². The molecule has 0 aliphatic heterocycles. The van der Waals surface area contributed by atoms with Crippen LogP contribution < -0.4 is 5.32 Å². The van der Waals surface area contributed by atoms with Crippen LogP contribution in [-0.2, 0) is 22.4 Å². The summed E-state index contributed by atoms with van der Waals surface area (Å²) in [7, 11) is 0. The van der Waals surface area contributed by atoms with Crippen LogP contribution in [-0.4, -0.2) is 27.9 Å². The van der Waals surface area contributed by atoms with Crippen molar-refractivity contribution in [3.63, 3.8) is 0 Å². The van der Waals surface area contributed by atoms with Crippen LogP contribution in [0.25, 0.3) is 0 Å². The molecule has 2 aromatic rings. The molecule has 0 heterocycles. The fourth-order valence-electron chi connectivity index (χ4n) is 2.26. The maximum absolute atomic E-state index is 12.1. The number of hydrogen-bond acceptors (Lipinski definition) is 4. The lowest BCUT2D eigenvalue weighted by Gasteiger charge is -2.14. The van der Waals surface area contributed by atoms with Crippen LogP contribution in [0.5, 0.6) is 0 Å². The summed E-state index contributed by atoms with van der Waals surface area (Å²) in [6.07, 6.45) is 0.0388. The van der Waals surface area contributed by atoms with Crippen molar-refractivity contribution in [3.05, 3.63) is 75.8 Å². The van der Waals surface area contributed by atoms with Crippen LogP contribution in [0.2, 0.25) is 0 Å². The van der Waals surface area contributed by atoms with Crippen LogP contribution in [0.3, 0.4) is 0 Å². The van der Waals surface area contributed by atoms with Crippen LogP contribution in [0.15, 0.2) is 54.6 Å². The normalized spacial score (nSPS) is 11.5. The van der Waals surface area contributed by atoms with E-state index in [0.717, 1.165) is 5.56 Å². The minimum atomic E-state index is -1.13. The zero-order valence-corrected chi connectivity index (χ0v) is 12.7. The highest BCUT2D eigenvalue weighted by molar-refractivity contribution is 5.85. The van der Waals surface area contributed by atoms with Crippen molar-refractivity contribution in [3.8, 4) is 0 Å². The third-order valence-corrected chi connectivity index (χ3v) is 3.40. The molecule has 7 heteroatoms. The van der Waals surface area contributed by atoms with Gasteiger partial charge in [0.2, 0.25) is 5.91 Å². The Hall–Kier alpha value is -3.22. The van der Waals surface area contributed by atoms with Crippen LogP contribution in [0.4, 0.5) is 5.69 Å². The first-order valence-corrected chi connectivity index (χ1v) is 7.25. The van der Waals surface area contributed by atoms with Crippen molar-refractivity contribution in [1.82, 2.24) is 5.32 Å². The fourth-order valence-corrected chi connectivity index (χ4v) is 2.26. The molecule has 0 unspecified atom stereocenters. The maximum Gasteiger partial charge on any atom is 0.326 e. The Labute approximate surface area is 138 Å². The number of carboxylic acids is 1. The molecule has 24 heavy (non-hydrogen) atoms. The molecule has 124 valence electrons. The Balaban J connectivity index is 2.02. The van der Waals surface area contributed by atoms with E-state index in [1.54, 1.807) is 30.3 Å². The number of carbonyl (C=O) groups is 2. The van der Waals surface area contributed by atoms with E-state index in [1.807, 2.05) is 6.07 Å². The number of amides is 1. The maximum atomic E-state index is 12.1. The third-order valence-electron chi connectivity index (χ3n) is 3.40. The standard InChI is InChI=1S/C17H16N2O5/c20-16(11-13-7-4-8-14(9-13)19(23)24)18-15(17(21)22)10-12-5-2-1-3-6-12/h1-9,15H,10-11H2,(H,18,20)(H,21,22)/t15-/m1/s1. The molecule has 2 rings (SSSR count).